The van der Waals surface area contributed by atoms with Gasteiger partial charge in [-0.1, -0.05) is 18.2 Å². The summed E-state index contributed by atoms with van der Waals surface area (Å²) in [7, 11) is 2.93. The number of nitrogens with zero attached hydrogens (tertiary/aromatic N) is 1. The molecular formula is C35H37BrN4O10. The van der Waals surface area contributed by atoms with Gasteiger partial charge in [0.25, 0.3) is 5.91 Å². The fourth-order valence-corrected chi connectivity index (χ4v) is 5.40. The number of nitrogens with one attached hydrogen (secondary N) is 3. The topological polar surface area (TPSA) is 172 Å². The lowest BCUT2D eigenvalue weighted by Crippen LogP contribution is -2.45. The predicted octanol–water partition coefficient (Wildman–Crippen LogP) is 4.94. The molecule has 1 aliphatic heterocycles. The molecule has 3 amide bonds. The number of hydrogen-bond acceptors (Lipinski definition) is 11. The first-order valence-electron chi connectivity index (χ1n) is 15.4. The van der Waals surface area contributed by atoms with Crippen LogP contribution in [0.4, 0.5) is 4.79 Å². The van der Waals surface area contributed by atoms with Crippen molar-refractivity contribution in [3.63, 3.8) is 0 Å². The molecule has 0 unspecified atom stereocenters. The van der Waals surface area contributed by atoms with Crippen molar-refractivity contribution in [1.82, 2.24) is 16.1 Å². The number of carbonyl (C=O) groups excluding carboxylic acids is 4. The number of methoxy groups -OCH3 is 2. The van der Waals surface area contributed by atoms with Gasteiger partial charge >= 0.3 is 18.0 Å². The number of amides is 3. The van der Waals surface area contributed by atoms with Crippen LogP contribution in [0.25, 0.3) is 0 Å². The fourth-order valence-electron chi connectivity index (χ4n) is 4.82. The van der Waals surface area contributed by atoms with Crippen LogP contribution >= 0.6 is 15.9 Å². The van der Waals surface area contributed by atoms with E-state index in [-0.39, 0.29) is 42.9 Å². The number of carbonyl (C=O) groups is 4. The number of hydrogen-bond donors (Lipinski definition) is 3. The highest BCUT2D eigenvalue weighted by Crippen LogP contribution is 2.37. The Hall–Kier alpha value is -5.57. The molecule has 3 N–H and O–H groups in total. The van der Waals surface area contributed by atoms with Crippen LogP contribution in [0.15, 0.2) is 75.4 Å². The van der Waals surface area contributed by atoms with E-state index in [1.807, 2.05) is 0 Å². The van der Waals surface area contributed by atoms with Crippen molar-refractivity contribution >= 4 is 46.0 Å². The van der Waals surface area contributed by atoms with Gasteiger partial charge in [0, 0.05) is 5.70 Å². The summed E-state index contributed by atoms with van der Waals surface area (Å²) in [5, 5.41) is 9.33. The van der Waals surface area contributed by atoms with E-state index in [0.717, 1.165) is 5.56 Å². The van der Waals surface area contributed by atoms with Crippen LogP contribution in [0.3, 0.4) is 0 Å². The molecule has 0 aliphatic carbocycles. The van der Waals surface area contributed by atoms with Crippen molar-refractivity contribution in [3.05, 3.63) is 92.6 Å². The molecule has 0 bridgehead atoms. The monoisotopic (exact) mass is 752 g/mol. The van der Waals surface area contributed by atoms with Crippen molar-refractivity contribution in [2.45, 2.75) is 33.4 Å². The largest absolute Gasteiger partial charge is 0.493 e. The first kappa shape index (κ1) is 37.3. The molecule has 1 heterocycles. The van der Waals surface area contributed by atoms with Gasteiger partial charge < -0.3 is 39.1 Å². The number of urea groups is 1. The van der Waals surface area contributed by atoms with Gasteiger partial charge in [-0.05, 0) is 89.8 Å². The first-order chi connectivity index (χ1) is 24.1. The maximum absolute atomic E-state index is 12.6. The molecule has 3 aromatic carbocycles. The van der Waals surface area contributed by atoms with E-state index in [2.05, 4.69) is 37.1 Å². The summed E-state index contributed by atoms with van der Waals surface area (Å²) in [6.45, 7) is 5.36. The number of hydrazone groups is 1. The maximum Gasteiger partial charge on any atom is 0.338 e. The minimum absolute atomic E-state index is 0.171. The molecule has 3 aromatic rings. The standard InChI is InChI=1S/C35H37BrN4O10/c1-6-47-33(42)23-10-8-21(9-11-23)18-50-32-25(36)14-22(15-28(32)46-5)17-37-40-29(41)19-49-26-13-12-24(16-27(26)45-4)31-30(34(43)48-7-2)20(3)38-35(44)39-31/h8-17,31H,6-7,18-19H2,1-5H3,(H,40,41)(H2,38,39,44)/b37-17+/t31-/m1/s1. The summed E-state index contributed by atoms with van der Waals surface area (Å²) < 4.78 is 33.4. The second kappa shape index (κ2) is 17.7. The summed E-state index contributed by atoms with van der Waals surface area (Å²) in [6.07, 6.45) is 1.43. The molecular weight excluding hydrogens is 716 g/mol. The predicted molar refractivity (Wildman–Crippen MR) is 185 cm³/mol. The van der Waals surface area contributed by atoms with E-state index >= 15 is 0 Å². The number of halogens is 1. The summed E-state index contributed by atoms with van der Waals surface area (Å²) >= 11 is 3.50. The van der Waals surface area contributed by atoms with E-state index in [4.69, 9.17) is 28.4 Å². The average molecular weight is 754 g/mol. The zero-order valence-corrected chi connectivity index (χ0v) is 29.7. The third kappa shape index (κ3) is 9.53. The van der Waals surface area contributed by atoms with Crippen LogP contribution in [-0.4, -0.2) is 64.1 Å². The van der Waals surface area contributed by atoms with E-state index < -0.39 is 23.9 Å². The normalized spacial score (nSPS) is 14.0. The summed E-state index contributed by atoms with van der Waals surface area (Å²) in [5.41, 5.74) is 5.48. The van der Waals surface area contributed by atoms with Gasteiger partial charge in [0.2, 0.25) is 0 Å². The number of benzene rings is 3. The second-order valence-electron chi connectivity index (χ2n) is 10.5. The van der Waals surface area contributed by atoms with E-state index in [1.54, 1.807) is 75.4 Å². The third-order valence-corrected chi connectivity index (χ3v) is 7.74. The van der Waals surface area contributed by atoms with Crippen LogP contribution in [0, 0.1) is 0 Å². The number of allylic oxidation sites excluding steroid dienone is 1. The molecule has 50 heavy (non-hydrogen) atoms. The SMILES string of the molecule is CCOC(=O)C1=C(C)NC(=O)N[C@@H]1c1ccc(OCC(=O)N/N=C/c2cc(Br)c(OCc3ccc(C(=O)OCC)cc3)c(OC)c2)c(OC)c1. The molecule has 0 saturated heterocycles. The minimum Gasteiger partial charge on any atom is -0.493 e. The summed E-state index contributed by atoms with van der Waals surface area (Å²) in [4.78, 5) is 49.3. The lowest BCUT2D eigenvalue weighted by Gasteiger charge is -2.28. The molecule has 0 aromatic heterocycles. The van der Waals surface area contributed by atoms with Crippen LogP contribution < -0.4 is 35.0 Å². The summed E-state index contributed by atoms with van der Waals surface area (Å²) in [6, 6.07) is 13.9. The number of ether oxygens (including phenoxy) is 6. The quantitative estimate of drug-likeness (QED) is 0.110. The van der Waals surface area contributed by atoms with E-state index in [1.165, 1.54) is 20.4 Å². The van der Waals surface area contributed by atoms with Gasteiger partial charge in [-0.25, -0.2) is 19.8 Å². The highest BCUT2D eigenvalue weighted by Gasteiger charge is 2.32. The van der Waals surface area contributed by atoms with Gasteiger partial charge in [0.05, 0.1) is 55.3 Å². The molecule has 0 radical (unpaired) electrons. The fraction of sp³-hybridized carbons (Fsp3) is 0.286. The average Bonchev–Trinajstić information content (AvgIpc) is 3.10. The Bertz CT molecular complexity index is 1790. The molecule has 0 spiro atoms. The Balaban J connectivity index is 1.35. The maximum atomic E-state index is 12.6. The Labute approximate surface area is 297 Å². The van der Waals surface area contributed by atoms with Crippen molar-refractivity contribution in [3.8, 4) is 23.0 Å². The molecule has 4 rings (SSSR count). The molecule has 1 aliphatic rings. The summed E-state index contributed by atoms with van der Waals surface area (Å²) in [5.74, 6) is -0.0664. The van der Waals surface area contributed by atoms with Crippen LogP contribution in [0.5, 0.6) is 23.0 Å². The third-order valence-electron chi connectivity index (χ3n) is 7.15. The Morgan fingerprint density at radius 1 is 0.900 bits per heavy atom. The van der Waals surface area contributed by atoms with Crippen LogP contribution in [0.2, 0.25) is 0 Å². The molecule has 15 heteroatoms. The van der Waals surface area contributed by atoms with E-state index in [0.29, 0.717) is 45.0 Å². The van der Waals surface area contributed by atoms with Gasteiger partial charge in [0.1, 0.15) is 6.61 Å². The van der Waals surface area contributed by atoms with Crippen molar-refractivity contribution in [2.75, 3.05) is 34.0 Å². The van der Waals surface area contributed by atoms with Gasteiger partial charge in [-0.3, -0.25) is 4.79 Å². The zero-order chi connectivity index (χ0) is 36.2. The Morgan fingerprint density at radius 3 is 2.28 bits per heavy atom. The van der Waals surface area contributed by atoms with Gasteiger partial charge in [0.15, 0.2) is 29.6 Å². The minimum atomic E-state index is -0.792. The van der Waals surface area contributed by atoms with Gasteiger partial charge in [-0.2, -0.15) is 5.10 Å². The highest BCUT2D eigenvalue weighted by atomic mass is 79.9. The molecule has 0 fully saturated rings. The lowest BCUT2D eigenvalue weighted by atomic mass is 9.95. The second-order valence-corrected chi connectivity index (χ2v) is 11.4. The smallest absolute Gasteiger partial charge is 0.338 e. The molecule has 14 nitrogen and oxygen atoms in total. The molecule has 264 valence electrons. The van der Waals surface area contributed by atoms with Crippen molar-refractivity contribution in [1.29, 1.82) is 0 Å². The Morgan fingerprint density at radius 2 is 1.60 bits per heavy atom. The molecule has 1 atom stereocenters. The zero-order valence-electron chi connectivity index (χ0n) is 28.1. The lowest BCUT2D eigenvalue weighted by molar-refractivity contribution is -0.139. The van der Waals surface area contributed by atoms with Crippen LogP contribution in [0.1, 0.15) is 53.9 Å². The van der Waals surface area contributed by atoms with Crippen molar-refractivity contribution < 1.29 is 47.6 Å². The van der Waals surface area contributed by atoms with Crippen LogP contribution in [-0.2, 0) is 25.7 Å². The van der Waals surface area contributed by atoms with Crippen molar-refractivity contribution in [2.24, 2.45) is 5.10 Å². The highest BCUT2D eigenvalue weighted by molar-refractivity contribution is 9.10. The Kier molecular flexibility index (Phi) is 13.2. The number of rotatable bonds is 15. The van der Waals surface area contributed by atoms with Gasteiger partial charge in [-0.15, -0.1) is 0 Å². The van der Waals surface area contributed by atoms with E-state index in [9.17, 15) is 19.2 Å². The first-order valence-corrected chi connectivity index (χ1v) is 16.2. The molecule has 0 saturated carbocycles. The number of esters is 2.